The van der Waals surface area contributed by atoms with E-state index in [0.717, 1.165) is 19.3 Å². The predicted molar refractivity (Wildman–Crippen MR) is 83.9 cm³/mol. The summed E-state index contributed by atoms with van der Waals surface area (Å²) in [6.07, 6.45) is 8.34. The van der Waals surface area contributed by atoms with Crippen LogP contribution in [-0.2, 0) is 11.0 Å². The van der Waals surface area contributed by atoms with Crippen LogP contribution in [0.15, 0.2) is 47.6 Å². The standard InChI is InChI=1S/C16H22NOP/c1-3-16(2,13-14-7-5-4-6-8-14)19(18)15-9-11-17-12-10-15/h4-9,11-12,15,19H,3,10,13H2,1-2H3. The van der Waals surface area contributed by atoms with Crippen LogP contribution in [0, 0.1) is 0 Å². The molecule has 3 atom stereocenters. The van der Waals surface area contributed by atoms with Crippen molar-refractivity contribution in [1.82, 2.24) is 0 Å². The molecule has 2 rings (SSSR count). The SMILES string of the molecule is CCC(C)(Cc1ccccc1)[PH](=O)C1C=CN=CC1. The molecule has 0 N–H and O–H groups in total. The molecule has 1 aromatic carbocycles. The van der Waals surface area contributed by atoms with Crippen molar-refractivity contribution in [3.05, 3.63) is 48.2 Å². The maximum atomic E-state index is 12.9. The molecule has 0 saturated carbocycles. The molecule has 0 radical (unpaired) electrons. The number of aliphatic imine (C=N–C) groups is 1. The maximum Gasteiger partial charge on any atom is 0.0890 e. The molecule has 19 heavy (non-hydrogen) atoms. The van der Waals surface area contributed by atoms with Gasteiger partial charge >= 0.3 is 0 Å². The zero-order chi connectivity index (χ0) is 13.7. The van der Waals surface area contributed by atoms with E-state index in [-0.39, 0.29) is 10.8 Å². The Bertz CT molecular complexity index is 495. The zero-order valence-corrected chi connectivity index (χ0v) is 12.7. The summed E-state index contributed by atoms with van der Waals surface area (Å²) < 4.78 is 12.9. The lowest BCUT2D eigenvalue weighted by Gasteiger charge is -2.31. The van der Waals surface area contributed by atoms with Crippen LogP contribution in [0.1, 0.15) is 32.3 Å². The fourth-order valence-electron chi connectivity index (χ4n) is 2.54. The third-order valence-electron chi connectivity index (χ3n) is 4.02. The van der Waals surface area contributed by atoms with Gasteiger partial charge in [-0.1, -0.05) is 50.3 Å². The van der Waals surface area contributed by atoms with Crippen molar-refractivity contribution in [3.63, 3.8) is 0 Å². The monoisotopic (exact) mass is 275 g/mol. The first-order chi connectivity index (χ1) is 9.15. The predicted octanol–water partition coefficient (Wildman–Crippen LogP) is 4.31. The fourth-order valence-corrected chi connectivity index (χ4v) is 4.74. The molecule has 0 fully saturated rings. The van der Waals surface area contributed by atoms with E-state index >= 15 is 0 Å². The van der Waals surface area contributed by atoms with E-state index in [0.29, 0.717) is 0 Å². The second kappa shape index (κ2) is 6.34. The summed E-state index contributed by atoms with van der Waals surface area (Å²) in [4.78, 5) is 4.07. The number of benzene rings is 1. The molecule has 0 amide bonds. The van der Waals surface area contributed by atoms with Gasteiger partial charge in [-0.3, -0.25) is 4.99 Å². The summed E-state index contributed by atoms with van der Waals surface area (Å²) in [6, 6.07) is 10.4. The van der Waals surface area contributed by atoms with Crippen LogP contribution >= 0.6 is 7.80 Å². The van der Waals surface area contributed by atoms with E-state index in [1.54, 1.807) is 6.20 Å². The molecule has 0 bridgehead atoms. The first kappa shape index (κ1) is 14.3. The van der Waals surface area contributed by atoms with Crippen LogP contribution in [0.2, 0.25) is 0 Å². The Hall–Kier alpha value is -1.14. The van der Waals surface area contributed by atoms with E-state index in [9.17, 15) is 4.57 Å². The average molecular weight is 275 g/mol. The highest BCUT2D eigenvalue weighted by molar-refractivity contribution is 7.47. The first-order valence-corrected chi connectivity index (χ1v) is 8.41. The molecule has 1 aromatic rings. The van der Waals surface area contributed by atoms with Gasteiger partial charge in [0.15, 0.2) is 0 Å². The number of hydrogen-bond donors (Lipinski definition) is 0. The lowest BCUT2D eigenvalue weighted by atomic mass is 9.98. The van der Waals surface area contributed by atoms with Gasteiger partial charge < -0.3 is 4.57 Å². The van der Waals surface area contributed by atoms with E-state index in [1.165, 1.54) is 5.56 Å². The topological polar surface area (TPSA) is 29.4 Å². The molecule has 1 aliphatic rings. The quantitative estimate of drug-likeness (QED) is 0.736. The Morgan fingerprint density at radius 2 is 2.11 bits per heavy atom. The Morgan fingerprint density at radius 1 is 1.37 bits per heavy atom. The number of rotatable bonds is 5. The molecule has 0 aliphatic carbocycles. The summed E-state index contributed by atoms with van der Waals surface area (Å²) in [7, 11) is -1.70. The van der Waals surface area contributed by atoms with Gasteiger partial charge in [0.05, 0.1) is 7.80 Å². The van der Waals surface area contributed by atoms with Crippen molar-refractivity contribution in [2.45, 2.75) is 43.9 Å². The second-order valence-electron chi connectivity index (χ2n) is 5.46. The van der Waals surface area contributed by atoms with E-state index in [4.69, 9.17) is 0 Å². The molecule has 0 saturated heterocycles. The molecule has 1 heterocycles. The third-order valence-corrected chi connectivity index (χ3v) is 6.84. The van der Waals surface area contributed by atoms with Gasteiger partial charge in [-0.25, -0.2) is 0 Å². The average Bonchev–Trinajstić information content (AvgIpc) is 2.48. The van der Waals surface area contributed by atoms with E-state index in [1.807, 2.05) is 18.4 Å². The first-order valence-electron chi connectivity index (χ1n) is 6.92. The summed E-state index contributed by atoms with van der Waals surface area (Å²) in [5.41, 5.74) is 1.45. The molecular weight excluding hydrogens is 253 g/mol. The summed E-state index contributed by atoms with van der Waals surface area (Å²) in [5, 5.41) is -0.105. The van der Waals surface area contributed by atoms with Gasteiger partial charge in [-0.2, -0.15) is 0 Å². The number of hydrogen-bond acceptors (Lipinski definition) is 2. The Balaban J connectivity index is 2.15. The van der Waals surface area contributed by atoms with Gasteiger partial charge in [0.1, 0.15) is 0 Å². The largest absolute Gasteiger partial charge is 0.326 e. The molecule has 1 aliphatic heterocycles. The van der Waals surface area contributed by atoms with Crippen LogP contribution < -0.4 is 0 Å². The lowest BCUT2D eigenvalue weighted by Crippen LogP contribution is -2.26. The minimum absolute atomic E-state index is 0.105. The maximum absolute atomic E-state index is 12.9. The Kier molecular flexibility index (Phi) is 4.76. The van der Waals surface area contributed by atoms with Crippen molar-refractivity contribution in [2.24, 2.45) is 4.99 Å². The molecule has 0 spiro atoms. The second-order valence-corrected chi connectivity index (χ2v) is 8.13. The van der Waals surface area contributed by atoms with Crippen LogP contribution in [0.3, 0.4) is 0 Å². The number of nitrogens with zero attached hydrogens (tertiary/aromatic N) is 1. The Labute approximate surface area is 116 Å². The van der Waals surface area contributed by atoms with E-state index in [2.05, 4.69) is 43.1 Å². The highest BCUT2D eigenvalue weighted by Gasteiger charge is 2.33. The molecule has 102 valence electrons. The normalized spacial score (nSPS) is 22.9. The summed E-state index contributed by atoms with van der Waals surface area (Å²) >= 11 is 0. The third kappa shape index (κ3) is 3.45. The summed E-state index contributed by atoms with van der Waals surface area (Å²) in [5.74, 6) is 0. The molecule has 3 unspecified atom stereocenters. The zero-order valence-electron chi connectivity index (χ0n) is 11.7. The highest BCUT2D eigenvalue weighted by atomic mass is 31.1. The summed E-state index contributed by atoms with van der Waals surface area (Å²) in [6.45, 7) is 4.31. The molecule has 0 aromatic heterocycles. The Morgan fingerprint density at radius 3 is 2.68 bits per heavy atom. The van der Waals surface area contributed by atoms with Crippen LogP contribution in [-0.4, -0.2) is 17.0 Å². The van der Waals surface area contributed by atoms with Crippen LogP contribution in [0.5, 0.6) is 0 Å². The van der Waals surface area contributed by atoms with Crippen molar-refractivity contribution in [2.75, 3.05) is 0 Å². The van der Waals surface area contributed by atoms with E-state index < -0.39 is 7.80 Å². The smallest absolute Gasteiger partial charge is 0.0890 e. The van der Waals surface area contributed by atoms with Crippen LogP contribution in [0.4, 0.5) is 0 Å². The number of allylic oxidation sites excluding steroid dienone is 1. The molecule has 2 nitrogen and oxygen atoms in total. The van der Waals surface area contributed by atoms with Gasteiger partial charge in [0.2, 0.25) is 0 Å². The van der Waals surface area contributed by atoms with Crippen molar-refractivity contribution < 1.29 is 4.57 Å². The van der Waals surface area contributed by atoms with Crippen LogP contribution in [0.25, 0.3) is 0 Å². The molecule has 3 heteroatoms. The van der Waals surface area contributed by atoms with Gasteiger partial charge in [-0.15, -0.1) is 0 Å². The molecular formula is C16H22NOP. The minimum atomic E-state index is -1.70. The minimum Gasteiger partial charge on any atom is -0.326 e. The fraction of sp³-hybridized carbons (Fsp3) is 0.438. The van der Waals surface area contributed by atoms with Gasteiger partial charge in [0, 0.05) is 23.2 Å². The van der Waals surface area contributed by atoms with Crippen molar-refractivity contribution >= 4 is 14.0 Å². The highest BCUT2D eigenvalue weighted by Crippen LogP contribution is 2.49. The van der Waals surface area contributed by atoms with Crippen molar-refractivity contribution in [3.8, 4) is 0 Å². The van der Waals surface area contributed by atoms with Crippen molar-refractivity contribution in [1.29, 1.82) is 0 Å². The lowest BCUT2D eigenvalue weighted by molar-refractivity contribution is 0.522. The van der Waals surface area contributed by atoms with Gasteiger partial charge in [0.25, 0.3) is 0 Å². The van der Waals surface area contributed by atoms with Gasteiger partial charge in [-0.05, 0) is 24.8 Å².